The Hall–Kier alpha value is -1.03. The summed E-state index contributed by atoms with van der Waals surface area (Å²) >= 11 is 3.37. The van der Waals surface area contributed by atoms with Crippen molar-refractivity contribution in [3.8, 4) is 0 Å². The molecule has 2 unspecified atom stereocenters. The lowest BCUT2D eigenvalue weighted by Gasteiger charge is -2.34. The Morgan fingerprint density at radius 2 is 2.05 bits per heavy atom. The molecule has 0 saturated heterocycles. The second-order valence-corrected chi connectivity index (χ2v) is 6.86. The second kappa shape index (κ2) is 6.61. The molecule has 1 aliphatic carbocycles. The van der Waals surface area contributed by atoms with Gasteiger partial charge in [0.1, 0.15) is 0 Å². The summed E-state index contributed by atoms with van der Waals surface area (Å²) in [4.78, 5) is 12.4. The second-order valence-electron chi connectivity index (χ2n) is 6.01. The van der Waals surface area contributed by atoms with Crippen LogP contribution in [0.4, 0.5) is 5.69 Å². The number of anilines is 1. The van der Waals surface area contributed by atoms with E-state index in [1.54, 1.807) is 18.2 Å². The van der Waals surface area contributed by atoms with Crippen LogP contribution < -0.4 is 11.1 Å². The predicted molar refractivity (Wildman–Crippen MR) is 86.6 cm³/mol. The molecule has 0 bridgehead atoms. The van der Waals surface area contributed by atoms with Crippen molar-refractivity contribution in [2.24, 2.45) is 11.8 Å². The maximum Gasteiger partial charge on any atom is 0.251 e. The monoisotopic (exact) mass is 338 g/mol. The van der Waals surface area contributed by atoms with E-state index in [9.17, 15) is 4.79 Å². The highest BCUT2D eigenvalue weighted by Gasteiger charge is 2.28. The lowest BCUT2D eigenvalue weighted by molar-refractivity contribution is 0.0889. The van der Waals surface area contributed by atoms with Crippen LogP contribution in [0.1, 0.15) is 49.9 Å². The Morgan fingerprint density at radius 3 is 2.70 bits per heavy atom. The molecular weight excluding hydrogens is 316 g/mol. The molecule has 0 radical (unpaired) electrons. The first kappa shape index (κ1) is 15.4. The van der Waals surface area contributed by atoms with E-state index in [1.807, 2.05) is 0 Å². The fourth-order valence-corrected chi connectivity index (χ4v) is 3.44. The van der Waals surface area contributed by atoms with E-state index in [4.69, 9.17) is 5.73 Å². The molecule has 1 aromatic carbocycles. The minimum absolute atomic E-state index is 0.00301. The fraction of sp³-hybridized carbons (Fsp3) is 0.562. The molecule has 1 aromatic rings. The number of nitrogens with two attached hydrogens (primary N) is 1. The van der Waals surface area contributed by atoms with Crippen LogP contribution in [0.2, 0.25) is 0 Å². The Morgan fingerprint density at radius 1 is 1.35 bits per heavy atom. The van der Waals surface area contributed by atoms with Gasteiger partial charge in [-0.3, -0.25) is 4.79 Å². The zero-order valence-corrected chi connectivity index (χ0v) is 13.7. The van der Waals surface area contributed by atoms with Crippen molar-refractivity contribution >= 4 is 27.5 Å². The molecular formula is C16H23BrN2O. The lowest BCUT2D eigenvalue weighted by Crippen LogP contribution is -2.43. The van der Waals surface area contributed by atoms with Crippen LogP contribution in [0.15, 0.2) is 22.7 Å². The third-order valence-corrected chi connectivity index (χ3v) is 4.94. The summed E-state index contributed by atoms with van der Waals surface area (Å²) in [5.41, 5.74) is 7.07. The van der Waals surface area contributed by atoms with Gasteiger partial charge < -0.3 is 11.1 Å². The van der Waals surface area contributed by atoms with Crippen LogP contribution in [0.5, 0.6) is 0 Å². The van der Waals surface area contributed by atoms with Crippen molar-refractivity contribution < 1.29 is 4.79 Å². The van der Waals surface area contributed by atoms with E-state index in [0.717, 1.165) is 10.9 Å². The Bertz CT molecular complexity index is 487. The summed E-state index contributed by atoms with van der Waals surface area (Å²) in [5.74, 6) is 1.20. The minimum atomic E-state index is 0.00301. The number of halogens is 1. The van der Waals surface area contributed by atoms with E-state index in [-0.39, 0.29) is 5.91 Å². The van der Waals surface area contributed by atoms with E-state index in [1.165, 1.54) is 19.3 Å². The van der Waals surface area contributed by atoms with Gasteiger partial charge in [-0.15, -0.1) is 0 Å². The Labute approximate surface area is 129 Å². The Kier molecular flexibility index (Phi) is 5.08. The molecule has 4 heteroatoms. The smallest absolute Gasteiger partial charge is 0.251 e. The van der Waals surface area contributed by atoms with Crippen LogP contribution >= 0.6 is 15.9 Å². The topological polar surface area (TPSA) is 55.1 Å². The number of nitrogens with one attached hydrogen (secondary N) is 1. The summed E-state index contributed by atoms with van der Waals surface area (Å²) in [6, 6.07) is 5.63. The average molecular weight is 339 g/mol. The van der Waals surface area contributed by atoms with Crippen LogP contribution in [0, 0.1) is 11.8 Å². The van der Waals surface area contributed by atoms with Crippen molar-refractivity contribution in [3.63, 3.8) is 0 Å². The lowest BCUT2D eigenvalue weighted by atomic mass is 9.78. The number of hydrogen-bond donors (Lipinski definition) is 2. The van der Waals surface area contributed by atoms with E-state index in [2.05, 4.69) is 35.1 Å². The van der Waals surface area contributed by atoms with Gasteiger partial charge in [0.2, 0.25) is 0 Å². The summed E-state index contributed by atoms with van der Waals surface area (Å²) in [6.45, 7) is 4.49. The third-order valence-electron chi connectivity index (χ3n) is 4.25. The highest BCUT2D eigenvalue weighted by molar-refractivity contribution is 9.10. The molecule has 20 heavy (non-hydrogen) atoms. The van der Waals surface area contributed by atoms with Gasteiger partial charge in [-0.1, -0.05) is 26.7 Å². The van der Waals surface area contributed by atoms with Crippen molar-refractivity contribution in [1.82, 2.24) is 5.32 Å². The molecule has 110 valence electrons. The number of hydrogen-bond acceptors (Lipinski definition) is 2. The van der Waals surface area contributed by atoms with Gasteiger partial charge in [-0.05, 0) is 58.8 Å². The molecule has 0 aromatic heterocycles. The Balaban J connectivity index is 2.07. The van der Waals surface area contributed by atoms with Crippen molar-refractivity contribution in [3.05, 3.63) is 28.2 Å². The van der Waals surface area contributed by atoms with E-state index < -0.39 is 0 Å². The molecule has 1 amide bonds. The molecule has 0 spiro atoms. The van der Waals surface area contributed by atoms with Crippen LogP contribution in [-0.4, -0.2) is 11.9 Å². The SMILES string of the molecule is CC(C)C1CCCCC1NC(=O)c1ccc(N)c(Br)c1. The normalized spacial score (nSPS) is 22.8. The van der Waals surface area contributed by atoms with Crippen molar-refractivity contribution in [1.29, 1.82) is 0 Å². The summed E-state index contributed by atoms with van der Waals surface area (Å²) in [6.07, 6.45) is 4.79. The third kappa shape index (κ3) is 3.54. The summed E-state index contributed by atoms with van der Waals surface area (Å²) in [5, 5.41) is 3.21. The largest absolute Gasteiger partial charge is 0.398 e. The van der Waals surface area contributed by atoms with Gasteiger partial charge in [-0.2, -0.15) is 0 Å². The predicted octanol–water partition coefficient (Wildman–Crippen LogP) is 3.98. The van der Waals surface area contributed by atoms with Gasteiger partial charge in [0.15, 0.2) is 0 Å². The van der Waals surface area contributed by atoms with Crippen molar-refractivity contribution in [2.45, 2.75) is 45.6 Å². The zero-order valence-electron chi connectivity index (χ0n) is 12.2. The standard InChI is InChI=1S/C16H23BrN2O/c1-10(2)12-5-3-4-6-15(12)19-16(20)11-7-8-14(18)13(17)9-11/h7-10,12,15H,3-6,18H2,1-2H3,(H,19,20). The number of rotatable bonds is 3. The molecule has 3 N–H and O–H groups in total. The number of carbonyl (C=O) groups is 1. The van der Waals surface area contributed by atoms with Crippen LogP contribution in [0.25, 0.3) is 0 Å². The highest BCUT2D eigenvalue weighted by atomic mass is 79.9. The van der Waals surface area contributed by atoms with Gasteiger partial charge in [0.25, 0.3) is 5.91 Å². The molecule has 3 nitrogen and oxygen atoms in total. The summed E-state index contributed by atoms with van der Waals surface area (Å²) in [7, 11) is 0. The number of benzene rings is 1. The zero-order chi connectivity index (χ0) is 14.7. The molecule has 2 atom stereocenters. The highest BCUT2D eigenvalue weighted by Crippen LogP contribution is 2.30. The van der Waals surface area contributed by atoms with E-state index in [0.29, 0.717) is 29.1 Å². The summed E-state index contributed by atoms with van der Waals surface area (Å²) < 4.78 is 0.772. The fourth-order valence-electron chi connectivity index (χ4n) is 3.06. The minimum Gasteiger partial charge on any atom is -0.398 e. The van der Waals surface area contributed by atoms with Crippen LogP contribution in [-0.2, 0) is 0 Å². The van der Waals surface area contributed by atoms with Crippen molar-refractivity contribution in [2.75, 3.05) is 5.73 Å². The van der Waals surface area contributed by atoms with Gasteiger partial charge in [-0.25, -0.2) is 0 Å². The number of nitrogen functional groups attached to an aromatic ring is 1. The first-order valence-corrected chi connectivity index (χ1v) is 8.14. The molecule has 0 heterocycles. The van der Waals surface area contributed by atoms with Gasteiger partial charge in [0.05, 0.1) is 0 Å². The maximum atomic E-state index is 12.4. The first-order valence-electron chi connectivity index (χ1n) is 7.35. The maximum absolute atomic E-state index is 12.4. The average Bonchev–Trinajstić information content (AvgIpc) is 2.42. The quantitative estimate of drug-likeness (QED) is 0.819. The van der Waals surface area contributed by atoms with Gasteiger partial charge >= 0.3 is 0 Å². The molecule has 1 fully saturated rings. The molecule has 2 rings (SSSR count). The van der Waals surface area contributed by atoms with Gasteiger partial charge in [0, 0.05) is 21.8 Å². The van der Waals surface area contributed by atoms with E-state index >= 15 is 0 Å². The first-order chi connectivity index (χ1) is 9.49. The number of carbonyl (C=O) groups excluding carboxylic acids is 1. The molecule has 0 aliphatic heterocycles. The molecule has 1 aliphatic rings. The van der Waals surface area contributed by atoms with Crippen LogP contribution in [0.3, 0.4) is 0 Å². The molecule has 1 saturated carbocycles. The number of amides is 1.